The first-order valence-electron chi connectivity index (χ1n) is 6.43. The van der Waals surface area contributed by atoms with E-state index in [1.54, 1.807) is 6.92 Å². The van der Waals surface area contributed by atoms with Crippen molar-refractivity contribution in [3.8, 4) is 0 Å². The molecule has 0 radical (unpaired) electrons. The number of hydrogen-bond acceptors (Lipinski definition) is 4. The first-order chi connectivity index (χ1) is 9.42. The molecule has 108 valence electrons. The molecule has 1 amide bonds. The third-order valence-corrected chi connectivity index (χ3v) is 3.52. The van der Waals surface area contributed by atoms with Gasteiger partial charge in [-0.2, -0.15) is 4.39 Å². The fourth-order valence-corrected chi connectivity index (χ4v) is 2.25. The van der Waals surface area contributed by atoms with E-state index in [1.807, 2.05) is 0 Å². The summed E-state index contributed by atoms with van der Waals surface area (Å²) in [5, 5.41) is 16.3. The fourth-order valence-electron chi connectivity index (χ4n) is 2.25. The molecular formula is C13H16FN3O3. The van der Waals surface area contributed by atoms with Gasteiger partial charge in [0.25, 0.3) is 0 Å². The Labute approximate surface area is 115 Å². The molecule has 1 aliphatic rings. The van der Waals surface area contributed by atoms with Gasteiger partial charge in [0.1, 0.15) is 0 Å². The van der Waals surface area contributed by atoms with Crippen molar-refractivity contribution >= 4 is 17.3 Å². The van der Waals surface area contributed by atoms with Crippen LogP contribution < -0.4 is 10.6 Å². The van der Waals surface area contributed by atoms with E-state index in [0.717, 1.165) is 31.5 Å². The highest BCUT2D eigenvalue weighted by molar-refractivity contribution is 5.98. The highest BCUT2D eigenvalue weighted by Crippen LogP contribution is 2.24. The van der Waals surface area contributed by atoms with Crippen molar-refractivity contribution in [2.45, 2.75) is 31.7 Å². The second-order valence-electron chi connectivity index (χ2n) is 5.09. The van der Waals surface area contributed by atoms with Crippen LogP contribution in [0.25, 0.3) is 0 Å². The summed E-state index contributed by atoms with van der Waals surface area (Å²) in [6, 6.07) is 3.33. The van der Waals surface area contributed by atoms with Gasteiger partial charge < -0.3 is 10.6 Å². The van der Waals surface area contributed by atoms with E-state index in [-0.39, 0.29) is 11.6 Å². The van der Waals surface area contributed by atoms with Crippen molar-refractivity contribution in [1.29, 1.82) is 0 Å². The molecule has 1 unspecified atom stereocenters. The van der Waals surface area contributed by atoms with Gasteiger partial charge >= 0.3 is 5.69 Å². The molecule has 0 aromatic heterocycles. The number of anilines is 1. The second kappa shape index (κ2) is 5.54. The van der Waals surface area contributed by atoms with Crippen molar-refractivity contribution in [2.75, 3.05) is 11.9 Å². The number of rotatable bonds is 3. The van der Waals surface area contributed by atoms with Crippen molar-refractivity contribution in [3.05, 3.63) is 34.1 Å². The zero-order valence-corrected chi connectivity index (χ0v) is 11.1. The quantitative estimate of drug-likeness (QED) is 0.657. The van der Waals surface area contributed by atoms with E-state index in [2.05, 4.69) is 10.6 Å². The van der Waals surface area contributed by atoms with Crippen LogP contribution in [0, 0.1) is 15.9 Å². The van der Waals surface area contributed by atoms with Crippen LogP contribution in [0.5, 0.6) is 0 Å². The Kier molecular flexibility index (Phi) is 3.99. The number of nitrogens with one attached hydrogen (secondary N) is 2. The minimum atomic E-state index is -0.963. The predicted molar refractivity (Wildman–Crippen MR) is 71.9 cm³/mol. The van der Waals surface area contributed by atoms with Crippen LogP contribution in [0.15, 0.2) is 18.2 Å². The smallest absolute Gasteiger partial charge is 0.304 e. The van der Waals surface area contributed by atoms with Crippen LogP contribution in [-0.2, 0) is 4.79 Å². The summed E-state index contributed by atoms with van der Waals surface area (Å²) < 4.78 is 13.5. The van der Waals surface area contributed by atoms with Crippen molar-refractivity contribution in [1.82, 2.24) is 5.32 Å². The van der Waals surface area contributed by atoms with E-state index in [9.17, 15) is 19.3 Å². The number of benzene rings is 1. The normalized spacial score (nSPS) is 22.3. The van der Waals surface area contributed by atoms with Gasteiger partial charge in [-0.1, -0.05) is 0 Å². The minimum absolute atomic E-state index is 0.215. The Bertz CT molecular complexity index is 542. The number of amides is 1. The first kappa shape index (κ1) is 14.4. The topological polar surface area (TPSA) is 84.3 Å². The Morgan fingerprint density at radius 1 is 1.50 bits per heavy atom. The van der Waals surface area contributed by atoms with Gasteiger partial charge in [-0.15, -0.1) is 0 Å². The van der Waals surface area contributed by atoms with Crippen LogP contribution in [0.4, 0.5) is 15.8 Å². The minimum Gasteiger partial charge on any atom is -0.324 e. The lowest BCUT2D eigenvalue weighted by atomic mass is 9.90. The monoisotopic (exact) mass is 281 g/mol. The van der Waals surface area contributed by atoms with Gasteiger partial charge in [0.15, 0.2) is 0 Å². The molecule has 1 saturated heterocycles. The summed E-state index contributed by atoms with van der Waals surface area (Å²) >= 11 is 0. The van der Waals surface area contributed by atoms with Crippen molar-refractivity contribution in [2.24, 2.45) is 0 Å². The number of nitro benzene ring substituents is 1. The second-order valence-corrected chi connectivity index (χ2v) is 5.09. The average molecular weight is 281 g/mol. The molecular weight excluding hydrogens is 265 g/mol. The van der Waals surface area contributed by atoms with Gasteiger partial charge in [-0.3, -0.25) is 14.9 Å². The first-order valence-corrected chi connectivity index (χ1v) is 6.43. The molecule has 2 N–H and O–H groups in total. The molecule has 1 heterocycles. The number of carbonyl (C=O) groups is 1. The lowest BCUT2D eigenvalue weighted by molar-refractivity contribution is -0.387. The summed E-state index contributed by atoms with van der Waals surface area (Å²) in [7, 11) is 0. The van der Waals surface area contributed by atoms with Crippen LogP contribution >= 0.6 is 0 Å². The van der Waals surface area contributed by atoms with E-state index in [1.165, 1.54) is 6.07 Å². The zero-order chi connectivity index (χ0) is 14.8. The number of hydrogen-bond donors (Lipinski definition) is 2. The molecule has 1 atom stereocenters. The SMILES string of the molecule is CC1(C(=O)Nc2ccc([N+](=O)[O-])c(F)c2)CCCCN1. The predicted octanol–water partition coefficient (Wildman–Crippen LogP) is 2.20. The summed E-state index contributed by atoms with van der Waals surface area (Å²) in [6.07, 6.45) is 2.68. The lowest BCUT2D eigenvalue weighted by Gasteiger charge is -2.33. The molecule has 1 aromatic rings. The van der Waals surface area contributed by atoms with E-state index >= 15 is 0 Å². The molecule has 6 nitrogen and oxygen atoms in total. The molecule has 1 fully saturated rings. The van der Waals surface area contributed by atoms with Gasteiger partial charge in [0, 0.05) is 17.8 Å². The molecule has 0 spiro atoms. The Hall–Kier alpha value is -2.02. The maximum Gasteiger partial charge on any atom is 0.304 e. The van der Waals surface area contributed by atoms with Crippen molar-refractivity contribution in [3.63, 3.8) is 0 Å². The molecule has 0 bridgehead atoms. The summed E-state index contributed by atoms with van der Waals surface area (Å²) in [4.78, 5) is 21.9. The van der Waals surface area contributed by atoms with Crippen molar-refractivity contribution < 1.29 is 14.1 Å². The third kappa shape index (κ3) is 2.93. The molecule has 0 saturated carbocycles. The number of halogens is 1. The third-order valence-electron chi connectivity index (χ3n) is 3.52. The van der Waals surface area contributed by atoms with Gasteiger partial charge in [-0.05, 0) is 38.8 Å². The fraction of sp³-hybridized carbons (Fsp3) is 0.462. The average Bonchev–Trinajstić information content (AvgIpc) is 2.39. The largest absolute Gasteiger partial charge is 0.324 e. The molecule has 20 heavy (non-hydrogen) atoms. The summed E-state index contributed by atoms with van der Waals surface area (Å²) in [5.74, 6) is -1.22. The highest BCUT2D eigenvalue weighted by atomic mass is 19.1. The maximum absolute atomic E-state index is 13.5. The number of nitro groups is 1. The molecule has 1 aromatic carbocycles. The number of piperidine rings is 1. The highest BCUT2D eigenvalue weighted by Gasteiger charge is 2.34. The molecule has 1 aliphatic heterocycles. The molecule has 7 heteroatoms. The lowest BCUT2D eigenvalue weighted by Crippen LogP contribution is -2.54. The Morgan fingerprint density at radius 2 is 2.25 bits per heavy atom. The number of carbonyl (C=O) groups excluding carboxylic acids is 1. The van der Waals surface area contributed by atoms with Gasteiger partial charge in [-0.25, -0.2) is 0 Å². The van der Waals surface area contributed by atoms with Crippen LogP contribution in [0.3, 0.4) is 0 Å². The van der Waals surface area contributed by atoms with Crippen LogP contribution in [0.2, 0.25) is 0 Å². The molecule has 0 aliphatic carbocycles. The van der Waals surface area contributed by atoms with Gasteiger partial charge in [0.05, 0.1) is 10.5 Å². The van der Waals surface area contributed by atoms with E-state index in [0.29, 0.717) is 6.42 Å². The maximum atomic E-state index is 13.5. The zero-order valence-electron chi connectivity index (χ0n) is 11.1. The number of nitrogens with zero attached hydrogens (tertiary/aromatic N) is 1. The van der Waals surface area contributed by atoms with E-state index < -0.39 is 22.0 Å². The Morgan fingerprint density at radius 3 is 2.80 bits per heavy atom. The summed E-state index contributed by atoms with van der Waals surface area (Å²) in [5.41, 5.74) is -1.08. The van der Waals surface area contributed by atoms with Crippen LogP contribution in [0.1, 0.15) is 26.2 Å². The standard InChI is InChI=1S/C13H16FN3O3/c1-13(6-2-3-7-15-13)12(18)16-9-4-5-11(17(19)20)10(14)8-9/h4-5,8,15H,2-3,6-7H2,1H3,(H,16,18). The molecule has 2 rings (SSSR count). The van der Waals surface area contributed by atoms with E-state index in [4.69, 9.17) is 0 Å². The van der Waals surface area contributed by atoms with Gasteiger partial charge in [0.2, 0.25) is 11.7 Å². The summed E-state index contributed by atoms with van der Waals surface area (Å²) in [6.45, 7) is 2.56. The van der Waals surface area contributed by atoms with Crippen LogP contribution in [-0.4, -0.2) is 22.9 Å². The Balaban J connectivity index is 2.12.